The summed E-state index contributed by atoms with van der Waals surface area (Å²) in [7, 11) is 2.01. The second-order valence-electron chi connectivity index (χ2n) is 4.80. The van der Waals surface area contributed by atoms with E-state index < -0.39 is 0 Å². The number of rotatable bonds is 5. The van der Waals surface area contributed by atoms with Gasteiger partial charge in [-0.05, 0) is 24.6 Å². The van der Waals surface area contributed by atoms with Crippen molar-refractivity contribution < 1.29 is 0 Å². The van der Waals surface area contributed by atoms with Crippen molar-refractivity contribution in [1.82, 2.24) is 5.32 Å². The Labute approximate surface area is 99.6 Å². The van der Waals surface area contributed by atoms with E-state index in [0.29, 0.717) is 6.04 Å². The van der Waals surface area contributed by atoms with E-state index in [1.165, 1.54) is 11.1 Å². The molecule has 1 aromatic rings. The molecule has 1 atom stereocenters. The molecule has 1 N–H and O–H groups in total. The van der Waals surface area contributed by atoms with E-state index in [9.17, 15) is 0 Å². The summed E-state index contributed by atoms with van der Waals surface area (Å²) in [4.78, 5) is 0. The van der Waals surface area contributed by atoms with Crippen LogP contribution < -0.4 is 5.32 Å². The first-order chi connectivity index (χ1) is 7.55. The highest BCUT2D eigenvalue weighted by Crippen LogP contribution is 2.26. The number of allylic oxidation sites excluding steroid dienone is 1. The minimum atomic E-state index is 0.0554. The lowest BCUT2D eigenvalue weighted by Crippen LogP contribution is -2.16. The van der Waals surface area contributed by atoms with Crippen LogP contribution in [0.5, 0.6) is 0 Å². The zero-order chi connectivity index (χ0) is 12.2. The largest absolute Gasteiger partial charge is 0.313 e. The second kappa shape index (κ2) is 5.31. The summed E-state index contributed by atoms with van der Waals surface area (Å²) >= 11 is 0. The minimum Gasteiger partial charge on any atom is -0.313 e. The first kappa shape index (κ1) is 13.0. The van der Waals surface area contributed by atoms with E-state index in [4.69, 9.17) is 0 Å². The molecule has 0 radical (unpaired) electrons. The van der Waals surface area contributed by atoms with Crippen LogP contribution in [-0.2, 0) is 5.41 Å². The quantitative estimate of drug-likeness (QED) is 0.739. The molecule has 0 heterocycles. The Morgan fingerprint density at radius 2 is 1.88 bits per heavy atom. The van der Waals surface area contributed by atoms with Crippen molar-refractivity contribution in [3.05, 3.63) is 48.0 Å². The molecular weight excluding hydrogens is 194 g/mol. The van der Waals surface area contributed by atoms with Crippen molar-refractivity contribution in [2.45, 2.75) is 38.6 Å². The fourth-order valence-corrected chi connectivity index (χ4v) is 1.87. The Morgan fingerprint density at radius 1 is 1.31 bits per heavy atom. The highest BCUT2D eigenvalue weighted by molar-refractivity contribution is 5.32. The van der Waals surface area contributed by atoms with Gasteiger partial charge in [-0.15, -0.1) is 6.58 Å². The van der Waals surface area contributed by atoms with Gasteiger partial charge in [0, 0.05) is 11.5 Å². The standard InChI is InChI=1S/C15H23N/c1-6-14(16-5)12-8-10-13(11-9-12)15(3,4)7-2/h7-11,14,16H,2,6H2,1,3-5H3. The molecule has 0 saturated heterocycles. The Balaban J connectivity index is 2.95. The predicted molar refractivity (Wildman–Crippen MR) is 71.8 cm³/mol. The van der Waals surface area contributed by atoms with Crippen molar-refractivity contribution in [3.63, 3.8) is 0 Å². The summed E-state index contributed by atoms with van der Waals surface area (Å²) < 4.78 is 0. The summed E-state index contributed by atoms with van der Waals surface area (Å²) in [5.41, 5.74) is 2.73. The molecule has 1 unspecified atom stereocenters. The van der Waals surface area contributed by atoms with Crippen molar-refractivity contribution in [2.75, 3.05) is 7.05 Å². The number of hydrogen-bond acceptors (Lipinski definition) is 1. The molecule has 0 aliphatic rings. The Bertz CT molecular complexity index is 331. The SMILES string of the molecule is C=CC(C)(C)c1ccc(C(CC)NC)cc1. The van der Waals surface area contributed by atoms with Gasteiger partial charge in [-0.1, -0.05) is 51.1 Å². The molecule has 0 bridgehead atoms. The molecule has 0 aromatic heterocycles. The Morgan fingerprint density at radius 3 is 2.25 bits per heavy atom. The zero-order valence-corrected chi connectivity index (χ0v) is 10.9. The predicted octanol–water partition coefficient (Wildman–Crippen LogP) is 3.82. The van der Waals surface area contributed by atoms with Gasteiger partial charge in [0.2, 0.25) is 0 Å². The van der Waals surface area contributed by atoms with E-state index in [1.807, 2.05) is 13.1 Å². The average Bonchev–Trinajstić information content (AvgIpc) is 2.31. The molecule has 1 rings (SSSR count). The van der Waals surface area contributed by atoms with E-state index in [2.05, 4.69) is 56.9 Å². The minimum absolute atomic E-state index is 0.0554. The maximum absolute atomic E-state index is 3.89. The van der Waals surface area contributed by atoms with Crippen LogP contribution in [-0.4, -0.2) is 7.05 Å². The maximum atomic E-state index is 3.89. The lowest BCUT2D eigenvalue weighted by Gasteiger charge is -2.22. The fraction of sp³-hybridized carbons (Fsp3) is 0.467. The van der Waals surface area contributed by atoms with Gasteiger partial charge in [0.25, 0.3) is 0 Å². The van der Waals surface area contributed by atoms with Crippen molar-refractivity contribution >= 4 is 0 Å². The summed E-state index contributed by atoms with van der Waals surface area (Å²) in [6.45, 7) is 10.5. The molecule has 0 aliphatic carbocycles. The number of hydrogen-bond donors (Lipinski definition) is 1. The third kappa shape index (κ3) is 2.73. The monoisotopic (exact) mass is 217 g/mol. The average molecular weight is 217 g/mol. The van der Waals surface area contributed by atoms with Crippen molar-refractivity contribution in [2.24, 2.45) is 0 Å². The van der Waals surface area contributed by atoms with Crippen LogP contribution in [0.1, 0.15) is 44.4 Å². The zero-order valence-electron chi connectivity index (χ0n) is 10.9. The van der Waals surface area contributed by atoms with Crippen LogP contribution in [0.4, 0.5) is 0 Å². The van der Waals surface area contributed by atoms with Gasteiger partial charge >= 0.3 is 0 Å². The number of benzene rings is 1. The smallest absolute Gasteiger partial charge is 0.0314 e. The van der Waals surface area contributed by atoms with Gasteiger partial charge in [-0.25, -0.2) is 0 Å². The molecule has 0 amide bonds. The first-order valence-corrected chi connectivity index (χ1v) is 5.96. The third-order valence-electron chi connectivity index (χ3n) is 3.32. The Kier molecular flexibility index (Phi) is 4.31. The normalized spacial score (nSPS) is 13.5. The lowest BCUT2D eigenvalue weighted by molar-refractivity contribution is 0.575. The molecule has 1 nitrogen and oxygen atoms in total. The molecule has 16 heavy (non-hydrogen) atoms. The van der Waals surface area contributed by atoms with Gasteiger partial charge in [0.1, 0.15) is 0 Å². The van der Waals surface area contributed by atoms with E-state index in [0.717, 1.165) is 6.42 Å². The van der Waals surface area contributed by atoms with Crippen molar-refractivity contribution in [3.8, 4) is 0 Å². The van der Waals surface area contributed by atoms with Gasteiger partial charge < -0.3 is 5.32 Å². The molecule has 0 saturated carbocycles. The van der Waals surface area contributed by atoms with Crippen LogP contribution in [0, 0.1) is 0 Å². The highest BCUT2D eigenvalue weighted by Gasteiger charge is 2.16. The van der Waals surface area contributed by atoms with E-state index in [1.54, 1.807) is 0 Å². The third-order valence-corrected chi connectivity index (χ3v) is 3.32. The Hall–Kier alpha value is -1.08. The van der Waals surface area contributed by atoms with Crippen LogP contribution >= 0.6 is 0 Å². The summed E-state index contributed by atoms with van der Waals surface area (Å²) in [5.74, 6) is 0. The molecular formula is C15H23N. The van der Waals surface area contributed by atoms with Gasteiger partial charge in [-0.3, -0.25) is 0 Å². The van der Waals surface area contributed by atoms with Crippen LogP contribution in [0.2, 0.25) is 0 Å². The van der Waals surface area contributed by atoms with Crippen molar-refractivity contribution in [1.29, 1.82) is 0 Å². The van der Waals surface area contributed by atoms with Gasteiger partial charge in [0.15, 0.2) is 0 Å². The van der Waals surface area contributed by atoms with Gasteiger partial charge in [-0.2, -0.15) is 0 Å². The molecule has 1 heteroatoms. The summed E-state index contributed by atoms with van der Waals surface area (Å²) in [6.07, 6.45) is 3.11. The van der Waals surface area contributed by atoms with Crippen LogP contribution in [0.25, 0.3) is 0 Å². The molecule has 0 fully saturated rings. The highest BCUT2D eigenvalue weighted by atomic mass is 14.9. The lowest BCUT2D eigenvalue weighted by atomic mass is 9.84. The number of nitrogens with one attached hydrogen (secondary N) is 1. The summed E-state index contributed by atoms with van der Waals surface area (Å²) in [5, 5.41) is 3.32. The molecule has 0 aliphatic heterocycles. The summed E-state index contributed by atoms with van der Waals surface area (Å²) in [6, 6.07) is 9.30. The fourth-order valence-electron chi connectivity index (χ4n) is 1.87. The van der Waals surface area contributed by atoms with E-state index >= 15 is 0 Å². The second-order valence-corrected chi connectivity index (χ2v) is 4.80. The first-order valence-electron chi connectivity index (χ1n) is 5.96. The molecule has 0 spiro atoms. The van der Waals surface area contributed by atoms with E-state index in [-0.39, 0.29) is 5.41 Å². The van der Waals surface area contributed by atoms with Crippen LogP contribution in [0.3, 0.4) is 0 Å². The molecule has 1 aromatic carbocycles. The van der Waals surface area contributed by atoms with Gasteiger partial charge in [0.05, 0.1) is 0 Å². The maximum Gasteiger partial charge on any atom is 0.0314 e. The topological polar surface area (TPSA) is 12.0 Å². The van der Waals surface area contributed by atoms with Crippen LogP contribution in [0.15, 0.2) is 36.9 Å². The molecule has 88 valence electrons.